The van der Waals surface area contributed by atoms with Crippen LogP contribution in [0.15, 0.2) is 57.7 Å². The molecule has 1 atom stereocenters. The van der Waals surface area contributed by atoms with Gasteiger partial charge >= 0.3 is 5.76 Å². The maximum absolute atomic E-state index is 12.4. The Morgan fingerprint density at radius 1 is 1.21 bits per heavy atom. The van der Waals surface area contributed by atoms with Gasteiger partial charge < -0.3 is 9.73 Å². The first-order chi connectivity index (χ1) is 13.6. The van der Waals surface area contributed by atoms with Gasteiger partial charge in [0, 0.05) is 18.1 Å². The summed E-state index contributed by atoms with van der Waals surface area (Å²) >= 11 is 6.10. The lowest BCUT2D eigenvalue weighted by molar-refractivity contribution is -0.122. The monoisotopic (exact) mass is 399 g/mol. The number of oxazole rings is 1. The van der Waals surface area contributed by atoms with E-state index in [2.05, 4.69) is 10.2 Å². The van der Waals surface area contributed by atoms with Crippen LogP contribution in [0.4, 0.5) is 0 Å². The zero-order valence-corrected chi connectivity index (χ0v) is 16.2. The van der Waals surface area contributed by atoms with Crippen LogP contribution < -0.4 is 11.1 Å². The number of carbonyl (C=O) groups is 1. The van der Waals surface area contributed by atoms with Gasteiger partial charge in [-0.25, -0.2) is 4.79 Å². The molecule has 1 fully saturated rings. The Morgan fingerprint density at radius 2 is 2.04 bits per heavy atom. The van der Waals surface area contributed by atoms with Crippen LogP contribution in [0.25, 0.3) is 11.1 Å². The Balaban J connectivity index is 1.42. The third kappa shape index (κ3) is 4.13. The van der Waals surface area contributed by atoms with E-state index in [1.54, 1.807) is 22.8 Å². The van der Waals surface area contributed by atoms with Crippen molar-refractivity contribution in [3.8, 4) is 0 Å². The lowest BCUT2D eigenvalue weighted by Crippen LogP contribution is -2.44. The average molecular weight is 400 g/mol. The number of fused-ring (bicyclic) bond motifs is 1. The predicted octanol–water partition coefficient (Wildman–Crippen LogP) is 3.20. The van der Waals surface area contributed by atoms with E-state index in [4.69, 9.17) is 16.0 Å². The third-order valence-corrected chi connectivity index (χ3v) is 5.36. The number of benzene rings is 2. The van der Waals surface area contributed by atoms with Gasteiger partial charge in [0.05, 0.1) is 18.1 Å². The van der Waals surface area contributed by atoms with Crippen LogP contribution in [-0.2, 0) is 11.3 Å². The summed E-state index contributed by atoms with van der Waals surface area (Å²) in [7, 11) is 0. The number of nitrogens with one attached hydrogen (secondary N) is 1. The molecule has 0 bridgehead atoms. The molecule has 1 aliphatic rings. The van der Waals surface area contributed by atoms with Gasteiger partial charge in [-0.2, -0.15) is 0 Å². The summed E-state index contributed by atoms with van der Waals surface area (Å²) < 4.78 is 7.04. The second kappa shape index (κ2) is 8.20. The van der Waals surface area contributed by atoms with Gasteiger partial charge in [-0.1, -0.05) is 41.9 Å². The maximum atomic E-state index is 12.4. The van der Waals surface area contributed by atoms with Crippen LogP contribution in [0.1, 0.15) is 24.4 Å². The van der Waals surface area contributed by atoms with Crippen molar-refractivity contribution >= 4 is 28.6 Å². The SMILES string of the molecule is O=C(CN1CCC[C@@H](n2c(=O)oc3ccc(Cl)cc32)C1)NCc1ccccc1. The average Bonchev–Trinajstić information content (AvgIpc) is 3.02. The quantitative estimate of drug-likeness (QED) is 0.715. The van der Waals surface area contributed by atoms with E-state index >= 15 is 0 Å². The molecular formula is C21H22ClN3O3. The van der Waals surface area contributed by atoms with Gasteiger partial charge in [0.2, 0.25) is 5.91 Å². The van der Waals surface area contributed by atoms with Gasteiger partial charge in [0.25, 0.3) is 0 Å². The van der Waals surface area contributed by atoms with Gasteiger partial charge in [0.15, 0.2) is 5.58 Å². The standard InChI is InChI=1S/C21H22ClN3O3/c22-16-8-9-19-18(11-16)25(21(27)28-19)17-7-4-10-24(13-17)14-20(26)23-12-15-5-2-1-3-6-15/h1-3,5-6,8-9,11,17H,4,7,10,12-14H2,(H,23,26)/t17-/m1/s1. The first kappa shape index (κ1) is 18.8. The Morgan fingerprint density at radius 3 is 2.86 bits per heavy atom. The van der Waals surface area contributed by atoms with Gasteiger partial charge in [0.1, 0.15) is 0 Å². The van der Waals surface area contributed by atoms with Gasteiger partial charge in [-0.05, 0) is 43.1 Å². The lowest BCUT2D eigenvalue weighted by Gasteiger charge is -2.32. The number of aromatic nitrogens is 1. The molecule has 3 aromatic rings. The van der Waals surface area contributed by atoms with Crippen molar-refractivity contribution in [2.75, 3.05) is 19.6 Å². The Bertz CT molecular complexity index is 1030. The lowest BCUT2D eigenvalue weighted by atomic mass is 10.1. The molecule has 1 amide bonds. The zero-order chi connectivity index (χ0) is 19.5. The minimum atomic E-state index is -0.377. The Labute approximate surface area is 167 Å². The molecular weight excluding hydrogens is 378 g/mol. The largest absolute Gasteiger partial charge is 0.420 e. The number of piperidine rings is 1. The molecule has 2 aromatic carbocycles. The smallest absolute Gasteiger partial charge is 0.408 e. The molecule has 7 heteroatoms. The topological polar surface area (TPSA) is 67.5 Å². The highest BCUT2D eigenvalue weighted by Gasteiger charge is 2.26. The number of likely N-dealkylation sites (tertiary alicyclic amines) is 1. The van der Waals surface area contributed by atoms with E-state index < -0.39 is 0 Å². The highest BCUT2D eigenvalue weighted by Crippen LogP contribution is 2.26. The van der Waals surface area contributed by atoms with Crippen LogP contribution in [0.5, 0.6) is 0 Å². The van der Waals surface area contributed by atoms with Crippen molar-refractivity contribution in [2.45, 2.75) is 25.4 Å². The van der Waals surface area contributed by atoms with Crippen molar-refractivity contribution in [2.24, 2.45) is 0 Å². The third-order valence-electron chi connectivity index (χ3n) is 5.12. The van der Waals surface area contributed by atoms with E-state index in [1.165, 1.54) is 0 Å². The molecule has 6 nitrogen and oxygen atoms in total. The molecule has 1 N–H and O–H groups in total. The second-order valence-corrected chi connectivity index (χ2v) is 7.58. The molecule has 0 aliphatic carbocycles. The summed E-state index contributed by atoms with van der Waals surface area (Å²) in [6, 6.07) is 15.0. The number of nitrogens with zero attached hydrogens (tertiary/aromatic N) is 2. The van der Waals surface area contributed by atoms with Crippen molar-refractivity contribution in [3.63, 3.8) is 0 Å². The summed E-state index contributed by atoms with van der Waals surface area (Å²) in [5.74, 6) is -0.394. The number of carbonyl (C=O) groups excluding carboxylic acids is 1. The minimum Gasteiger partial charge on any atom is -0.408 e. The van der Waals surface area contributed by atoms with Crippen LogP contribution in [0.2, 0.25) is 5.02 Å². The van der Waals surface area contributed by atoms with E-state index in [0.717, 1.165) is 24.9 Å². The molecule has 28 heavy (non-hydrogen) atoms. The van der Waals surface area contributed by atoms with Crippen molar-refractivity contribution in [1.29, 1.82) is 0 Å². The summed E-state index contributed by atoms with van der Waals surface area (Å²) in [5.41, 5.74) is 2.31. The molecule has 1 aromatic heterocycles. The summed E-state index contributed by atoms with van der Waals surface area (Å²) in [6.45, 7) is 2.29. The Hall–Kier alpha value is -2.57. The number of halogens is 1. The van der Waals surface area contributed by atoms with Crippen LogP contribution in [0, 0.1) is 0 Å². The summed E-state index contributed by atoms with van der Waals surface area (Å²) in [4.78, 5) is 26.8. The van der Waals surface area contributed by atoms with E-state index in [0.29, 0.717) is 35.8 Å². The molecule has 146 valence electrons. The number of amides is 1. The molecule has 1 saturated heterocycles. The maximum Gasteiger partial charge on any atom is 0.420 e. The summed E-state index contributed by atoms with van der Waals surface area (Å²) in [5, 5.41) is 3.52. The van der Waals surface area contributed by atoms with Crippen LogP contribution in [-0.4, -0.2) is 35.0 Å². The fourth-order valence-electron chi connectivity index (χ4n) is 3.79. The number of rotatable bonds is 5. The molecule has 1 aliphatic heterocycles. The highest BCUT2D eigenvalue weighted by atomic mass is 35.5. The molecule has 0 unspecified atom stereocenters. The molecule has 2 heterocycles. The van der Waals surface area contributed by atoms with Gasteiger partial charge in [-0.15, -0.1) is 0 Å². The van der Waals surface area contributed by atoms with E-state index in [-0.39, 0.29) is 17.7 Å². The van der Waals surface area contributed by atoms with Crippen molar-refractivity contribution < 1.29 is 9.21 Å². The van der Waals surface area contributed by atoms with Crippen molar-refractivity contribution in [3.05, 3.63) is 69.7 Å². The first-order valence-electron chi connectivity index (χ1n) is 9.44. The van der Waals surface area contributed by atoms with E-state index in [9.17, 15) is 9.59 Å². The number of hydrogen-bond donors (Lipinski definition) is 1. The highest BCUT2D eigenvalue weighted by molar-refractivity contribution is 6.31. The van der Waals surface area contributed by atoms with E-state index in [1.807, 2.05) is 30.3 Å². The predicted molar refractivity (Wildman–Crippen MR) is 108 cm³/mol. The zero-order valence-electron chi connectivity index (χ0n) is 15.4. The Kier molecular flexibility index (Phi) is 5.50. The normalized spacial score (nSPS) is 17.7. The minimum absolute atomic E-state index is 0.0167. The molecule has 4 rings (SSSR count). The second-order valence-electron chi connectivity index (χ2n) is 7.14. The molecule has 0 saturated carbocycles. The fourth-order valence-corrected chi connectivity index (χ4v) is 3.96. The molecule has 0 radical (unpaired) electrons. The van der Waals surface area contributed by atoms with Gasteiger partial charge in [-0.3, -0.25) is 14.3 Å². The first-order valence-corrected chi connectivity index (χ1v) is 9.81. The molecule has 0 spiro atoms. The fraction of sp³-hybridized carbons (Fsp3) is 0.333. The van der Waals surface area contributed by atoms with Crippen molar-refractivity contribution in [1.82, 2.24) is 14.8 Å². The van der Waals surface area contributed by atoms with Crippen LogP contribution in [0.3, 0.4) is 0 Å². The summed E-state index contributed by atoms with van der Waals surface area (Å²) in [6.07, 6.45) is 1.78. The number of hydrogen-bond acceptors (Lipinski definition) is 4. The van der Waals surface area contributed by atoms with Crippen LogP contribution >= 0.6 is 11.6 Å².